The first kappa shape index (κ1) is 18.8. The fourth-order valence-electron chi connectivity index (χ4n) is 2.74. The third-order valence-corrected chi connectivity index (χ3v) is 4.91. The van der Waals surface area contributed by atoms with E-state index >= 15 is 0 Å². The molecule has 8 heteroatoms. The molecule has 3 aromatic rings. The fraction of sp³-hybridized carbons (Fsp3) is 0.263. The van der Waals surface area contributed by atoms with E-state index in [1.807, 2.05) is 35.7 Å². The second kappa shape index (κ2) is 9.63. The lowest BCUT2D eigenvalue weighted by Gasteiger charge is -2.14. The van der Waals surface area contributed by atoms with Crippen LogP contribution >= 0.6 is 11.3 Å². The smallest absolute Gasteiger partial charge is 0.227 e. The topological polar surface area (TPSA) is 109 Å². The average molecular weight is 382 g/mol. The summed E-state index contributed by atoms with van der Waals surface area (Å²) in [7, 11) is 0. The number of imidazole rings is 1. The highest BCUT2D eigenvalue weighted by atomic mass is 32.1. The average Bonchev–Trinajstić information content (AvgIpc) is 3.38. The summed E-state index contributed by atoms with van der Waals surface area (Å²) in [6.45, 7) is 0.529. The lowest BCUT2D eigenvalue weighted by molar-refractivity contribution is -0.119. The molecule has 0 spiro atoms. The first-order valence-corrected chi connectivity index (χ1v) is 9.62. The molecule has 0 aliphatic carbocycles. The van der Waals surface area contributed by atoms with Crippen molar-refractivity contribution in [2.24, 2.45) is 10.7 Å². The second-order valence-electron chi connectivity index (χ2n) is 5.99. The first-order valence-electron chi connectivity index (χ1n) is 8.74. The Bertz CT molecular complexity index is 846. The van der Waals surface area contributed by atoms with Gasteiger partial charge in [-0.15, -0.1) is 11.3 Å². The number of carbonyl (C=O) groups is 1. The number of hydrogen-bond donors (Lipinski definition) is 3. The summed E-state index contributed by atoms with van der Waals surface area (Å²) in [5.41, 5.74) is 6.90. The van der Waals surface area contributed by atoms with Crippen LogP contribution in [0.15, 0.2) is 59.3 Å². The van der Waals surface area contributed by atoms with E-state index in [1.165, 1.54) is 0 Å². The Balaban J connectivity index is 1.53. The van der Waals surface area contributed by atoms with Gasteiger partial charge in [0.1, 0.15) is 10.8 Å². The largest absolute Gasteiger partial charge is 0.370 e. The molecule has 27 heavy (non-hydrogen) atoms. The van der Waals surface area contributed by atoms with Crippen LogP contribution in [-0.2, 0) is 11.2 Å². The number of aromatic amines is 1. The number of benzene rings is 1. The zero-order valence-corrected chi connectivity index (χ0v) is 15.7. The fourth-order valence-corrected chi connectivity index (χ4v) is 3.51. The normalized spacial score (nSPS) is 12.7. The van der Waals surface area contributed by atoms with E-state index in [0.717, 1.165) is 29.2 Å². The molecule has 0 saturated carbocycles. The molecule has 2 aromatic heterocycles. The molecule has 140 valence electrons. The number of rotatable bonds is 8. The maximum absolute atomic E-state index is 12.4. The number of aliphatic imine (C=N–C) groups is 1. The van der Waals surface area contributed by atoms with Gasteiger partial charge in [0.05, 0.1) is 0 Å². The van der Waals surface area contributed by atoms with Crippen molar-refractivity contribution in [3.8, 4) is 0 Å². The van der Waals surface area contributed by atoms with Crippen LogP contribution in [0.1, 0.15) is 35.2 Å². The zero-order chi connectivity index (χ0) is 18.9. The predicted molar refractivity (Wildman–Crippen MR) is 107 cm³/mol. The molecule has 3 rings (SSSR count). The van der Waals surface area contributed by atoms with Crippen LogP contribution in [0.2, 0.25) is 0 Å². The standard InChI is InChI=1S/C19H22N6OS/c20-19(24-8-4-7-16-21-9-10-22-16)25-17(26)13-15(18-23-11-12-27-18)14-5-2-1-3-6-14/h1-3,5-6,9-12,15H,4,7-8,13H2,(H,21,22)(H3,20,24,25,26). The number of amides is 1. The Morgan fingerprint density at radius 3 is 2.81 bits per heavy atom. The molecule has 0 fully saturated rings. The number of H-pyrrole nitrogens is 1. The van der Waals surface area contributed by atoms with E-state index in [1.54, 1.807) is 29.9 Å². The maximum Gasteiger partial charge on any atom is 0.227 e. The van der Waals surface area contributed by atoms with Crippen LogP contribution in [0.5, 0.6) is 0 Å². The van der Waals surface area contributed by atoms with Crippen LogP contribution in [-0.4, -0.2) is 33.4 Å². The first-order chi connectivity index (χ1) is 13.2. The van der Waals surface area contributed by atoms with E-state index in [4.69, 9.17) is 5.73 Å². The third kappa shape index (κ3) is 5.75. The van der Waals surface area contributed by atoms with E-state index in [9.17, 15) is 4.79 Å². The number of aryl methyl sites for hydroxylation is 1. The highest BCUT2D eigenvalue weighted by Crippen LogP contribution is 2.29. The lowest BCUT2D eigenvalue weighted by atomic mass is 9.96. The van der Waals surface area contributed by atoms with Crippen LogP contribution < -0.4 is 11.1 Å². The Morgan fingerprint density at radius 2 is 2.11 bits per heavy atom. The van der Waals surface area contributed by atoms with Crippen molar-refractivity contribution in [2.45, 2.75) is 25.2 Å². The minimum absolute atomic E-state index is 0.0991. The van der Waals surface area contributed by atoms with Gasteiger partial charge in [-0.1, -0.05) is 30.3 Å². The van der Waals surface area contributed by atoms with Gasteiger partial charge in [-0.05, 0) is 12.0 Å². The number of nitrogens with two attached hydrogens (primary N) is 1. The van der Waals surface area contributed by atoms with E-state index < -0.39 is 0 Å². The Morgan fingerprint density at radius 1 is 1.26 bits per heavy atom. The summed E-state index contributed by atoms with van der Waals surface area (Å²) >= 11 is 1.54. The molecule has 0 bridgehead atoms. The molecule has 7 nitrogen and oxygen atoms in total. The summed E-state index contributed by atoms with van der Waals surface area (Å²) < 4.78 is 0. The molecular weight excluding hydrogens is 360 g/mol. The Kier molecular flexibility index (Phi) is 6.70. The molecule has 2 heterocycles. The monoisotopic (exact) mass is 382 g/mol. The van der Waals surface area contributed by atoms with Crippen molar-refractivity contribution < 1.29 is 4.79 Å². The van der Waals surface area contributed by atoms with E-state index in [2.05, 4.69) is 25.3 Å². The van der Waals surface area contributed by atoms with Gasteiger partial charge < -0.3 is 10.7 Å². The van der Waals surface area contributed by atoms with Gasteiger partial charge in [0, 0.05) is 49.3 Å². The number of thiazole rings is 1. The van der Waals surface area contributed by atoms with Crippen LogP contribution in [0, 0.1) is 0 Å². The van der Waals surface area contributed by atoms with Crippen molar-refractivity contribution in [1.29, 1.82) is 0 Å². The van der Waals surface area contributed by atoms with Crippen LogP contribution in [0.25, 0.3) is 0 Å². The molecule has 4 N–H and O–H groups in total. The number of hydrogen-bond acceptors (Lipinski definition) is 5. The van der Waals surface area contributed by atoms with Crippen LogP contribution in [0.3, 0.4) is 0 Å². The lowest BCUT2D eigenvalue weighted by Crippen LogP contribution is -2.37. The summed E-state index contributed by atoms with van der Waals surface area (Å²) in [6.07, 6.45) is 7.12. The van der Waals surface area contributed by atoms with Crippen molar-refractivity contribution in [2.75, 3.05) is 6.54 Å². The van der Waals surface area contributed by atoms with Crippen molar-refractivity contribution in [3.05, 3.63) is 70.7 Å². The van der Waals surface area contributed by atoms with Gasteiger partial charge in [0.25, 0.3) is 0 Å². The SMILES string of the molecule is NC(=NCCCc1ncc[nH]1)NC(=O)CC(c1ccccc1)c1nccs1. The number of guanidine groups is 1. The summed E-state index contributed by atoms with van der Waals surface area (Å²) in [5.74, 6) is 0.789. The van der Waals surface area contributed by atoms with Crippen molar-refractivity contribution in [3.63, 3.8) is 0 Å². The summed E-state index contributed by atoms with van der Waals surface area (Å²) in [4.78, 5) is 28.2. The van der Waals surface area contributed by atoms with Gasteiger partial charge in [0.2, 0.25) is 5.91 Å². The minimum Gasteiger partial charge on any atom is -0.370 e. The molecule has 1 aromatic carbocycles. The van der Waals surface area contributed by atoms with Crippen molar-refractivity contribution in [1.82, 2.24) is 20.3 Å². The summed E-state index contributed by atoms with van der Waals surface area (Å²) in [5, 5.41) is 5.50. The number of nitrogens with one attached hydrogen (secondary N) is 2. The molecule has 0 aliphatic rings. The molecule has 1 amide bonds. The molecule has 0 radical (unpaired) electrons. The summed E-state index contributed by atoms with van der Waals surface area (Å²) in [6, 6.07) is 9.89. The minimum atomic E-state index is -0.175. The number of carbonyl (C=O) groups excluding carboxylic acids is 1. The number of aromatic nitrogens is 3. The highest BCUT2D eigenvalue weighted by molar-refractivity contribution is 7.09. The third-order valence-electron chi connectivity index (χ3n) is 4.02. The van der Waals surface area contributed by atoms with E-state index in [-0.39, 0.29) is 24.2 Å². The second-order valence-corrected chi connectivity index (χ2v) is 6.92. The molecule has 0 aliphatic heterocycles. The van der Waals surface area contributed by atoms with Crippen molar-refractivity contribution >= 4 is 23.2 Å². The maximum atomic E-state index is 12.4. The van der Waals surface area contributed by atoms with Gasteiger partial charge >= 0.3 is 0 Å². The molecule has 1 atom stereocenters. The molecule has 0 saturated heterocycles. The predicted octanol–water partition coefficient (Wildman–Crippen LogP) is 2.45. The van der Waals surface area contributed by atoms with E-state index in [0.29, 0.717) is 6.54 Å². The molecular formula is C19H22N6OS. The van der Waals surface area contributed by atoms with Gasteiger partial charge in [0.15, 0.2) is 5.96 Å². The van der Waals surface area contributed by atoms with Crippen LogP contribution in [0.4, 0.5) is 0 Å². The quantitative estimate of drug-likeness (QED) is 0.316. The Hall–Kier alpha value is -3.00. The van der Waals surface area contributed by atoms with Gasteiger partial charge in [-0.25, -0.2) is 9.97 Å². The molecule has 1 unspecified atom stereocenters. The Labute approximate surface area is 161 Å². The van der Waals surface area contributed by atoms with Gasteiger partial charge in [-0.2, -0.15) is 0 Å². The highest BCUT2D eigenvalue weighted by Gasteiger charge is 2.20. The number of nitrogens with zero attached hydrogens (tertiary/aromatic N) is 3. The zero-order valence-electron chi connectivity index (χ0n) is 14.8. The van der Waals surface area contributed by atoms with Gasteiger partial charge in [-0.3, -0.25) is 15.1 Å².